The number of ether oxygens (including phenoxy) is 1. The molecule has 1 saturated carbocycles. The summed E-state index contributed by atoms with van der Waals surface area (Å²) >= 11 is 14.8. The number of nitrogens with zero attached hydrogens (tertiary/aromatic N) is 2. The molecule has 0 bridgehead atoms. The van der Waals surface area contributed by atoms with E-state index in [1.54, 1.807) is 49.4 Å². The summed E-state index contributed by atoms with van der Waals surface area (Å²) in [6.07, 6.45) is 3.48. The highest BCUT2D eigenvalue weighted by atomic mass is 35.5. The number of benzene rings is 3. The van der Waals surface area contributed by atoms with Crippen LogP contribution in [0.1, 0.15) is 36.8 Å². The molecule has 1 N–H and O–H groups in total. The number of allylic oxidation sites excluding steroid dienone is 2. The number of imide groups is 2. The number of hydrogen-bond donors (Lipinski definition) is 1. The lowest BCUT2D eigenvalue weighted by Crippen LogP contribution is -2.60. The molecule has 11 heteroatoms. The maximum Gasteiger partial charge on any atom is 0.258 e. The number of fused-ring (bicyclic) bond motifs is 4. The summed E-state index contributed by atoms with van der Waals surface area (Å²) in [7, 11) is 0. The van der Waals surface area contributed by atoms with Crippen LogP contribution in [0.2, 0.25) is 0 Å². The van der Waals surface area contributed by atoms with Crippen molar-refractivity contribution < 1.29 is 33.4 Å². The summed E-state index contributed by atoms with van der Waals surface area (Å²) in [5, 5.41) is 10.5. The van der Waals surface area contributed by atoms with Crippen LogP contribution in [0.15, 0.2) is 85.0 Å². The van der Waals surface area contributed by atoms with Crippen LogP contribution in [-0.4, -0.2) is 45.1 Å². The summed E-state index contributed by atoms with van der Waals surface area (Å²) in [5.41, 5.74) is 2.35. The lowest BCUT2D eigenvalue weighted by molar-refractivity contribution is -0.125. The van der Waals surface area contributed by atoms with Gasteiger partial charge in [0.25, 0.3) is 11.8 Å². The summed E-state index contributed by atoms with van der Waals surface area (Å²) < 4.78 is 19.5. The van der Waals surface area contributed by atoms with Gasteiger partial charge in [-0.05, 0) is 85.3 Å². The van der Waals surface area contributed by atoms with Gasteiger partial charge in [0, 0.05) is 5.92 Å². The Morgan fingerprint density at radius 1 is 0.936 bits per heavy atom. The molecule has 2 aliphatic carbocycles. The van der Waals surface area contributed by atoms with Crippen LogP contribution in [0.4, 0.5) is 15.8 Å². The Hall–Kier alpha value is -4.47. The van der Waals surface area contributed by atoms with Crippen molar-refractivity contribution in [3.63, 3.8) is 0 Å². The van der Waals surface area contributed by atoms with Gasteiger partial charge in [0.15, 0.2) is 21.2 Å². The Labute approximate surface area is 280 Å². The third-order valence-electron chi connectivity index (χ3n) is 9.90. The van der Waals surface area contributed by atoms with Crippen molar-refractivity contribution in [2.24, 2.45) is 17.8 Å². The molecule has 3 aromatic rings. The number of alkyl halides is 2. The first-order valence-corrected chi connectivity index (χ1v) is 16.0. The summed E-state index contributed by atoms with van der Waals surface area (Å²) in [5.74, 6) is -6.40. The molecule has 2 aliphatic heterocycles. The number of hydrogen-bond acceptors (Lipinski definition) is 6. The second kappa shape index (κ2) is 11.1. The molecule has 2 saturated heterocycles. The van der Waals surface area contributed by atoms with Crippen LogP contribution < -0.4 is 14.5 Å². The number of halogens is 3. The third-order valence-corrected chi connectivity index (χ3v) is 11.3. The van der Waals surface area contributed by atoms with Crippen LogP contribution in [0.5, 0.6) is 11.5 Å². The fraction of sp³-hybridized carbons (Fsp3) is 0.278. The Morgan fingerprint density at radius 3 is 2.26 bits per heavy atom. The highest BCUT2D eigenvalue weighted by molar-refractivity contribution is 6.58. The molecule has 0 spiro atoms. The molecule has 6 unspecified atom stereocenters. The first-order valence-electron chi connectivity index (χ1n) is 15.2. The fourth-order valence-corrected chi connectivity index (χ4v) is 8.70. The van der Waals surface area contributed by atoms with E-state index in [2.05, 4.69) is 6.58 Å². The van der Waals surface area contributed by atoms with E-state index in [1.807, 2.05) is 6.08 Å². The van der Waals surface area contributed by atoms with Crippen molar-refractivity contribution >= 4 is 64.3 Å². The Morgan fingerprint density at radius 2 is 1.60 bits per heavy atom. The zero-order valence-corrected chi connectivity index (χ0v) is 26.7. The molecule has 3 fully saturated rings. The van der Waals surface area contributed by atoms with E-state index in [-0.39, 0.29) is 42.5 Å². The number of phenolic OH excluding ortho intramolecular Hbond substituents is 1. The van der Waals surface area contributed by atoms with Gasteiger partial charge in [-0.15, -0.1) is 23.2 Å². The quantitative estimate of drug-likeness (QED) is 0.186. The van der Waals surface area contributed by atoms with Gasteiger partial charge < -0.3 is 9.84 Å². The van der Waals surface area contributed by atoms with E-state index in [9.17, 15) is 28.7 Å². The third kappa shape index (κ3) is 4.32. The molecule has 3 aromatic carbocycles. The number of carbonyl (C=O) groups is 4. The van der Waals surface area contributed by atoms with Crippen LogP contribution in [0.3, 0.4) is 0 Å². The maximum absolute atomic E-state index is 14.5. The fourth-order valence-electron chi connectivity index (χ4n) is 7.77. The first kappa shape index (κ1) is 31.1. The minimum absolute atomic E-state index is 0.0893. The van der Waals surface area contributed by atoms with Crippen LogP contribution in [-0.2, 0) is 19.2 Å². The summed E-state index contributed by atoms with van der Waals surface area (Å²) in [6, 6.07) is 16.2. The van der Waals surface area contributed by atoms with E-state index in [0.29, 0.717) is 16.8 Å². The molecular weight excluding hydrogens is 646 g/mol. The molecule has 4 amide bonds. The number of amides is 4. The topological polar surface area (TPSA) is 104 Å². The van der Waals surface area contributed by atoms with Crippen molar-refractivity contribution in [2.75, 3.05) is 16.4 Å². The maximum atomic E-state index is 14.5. The van der Waals surface area contributed by atoms with Crippen molar-refractivity contribution in [2.45, 2.75) is 35.4 Å². The Balaban J connectivity index is 1.39. The van der Waals surface area contributed by atoms with E-state index in [0.717, 1.165) is 22.6 Å². The Kier molecular flexibility index (Phi) is 7.33. The van der Waals surface area contributed by atoms with E-state index in [1.165, 1.54) is 23.1 Å². The minimum atomic E-state index is -2.10. The predicted molar refractivity (Wildman–Crippen MR) is 175 cm³/mol. The second-order valence-corrected chi connectivity index (χ2v) is 13.5. The number of carbonyl (C=O) groups excluding carboxylic acids is 4. The van der Waals surface area contributed by atoms with Crippen LogP contribution in [0.25, 0.3) is 6.08 Å². The van der Waals surface area contributed by atoms with Gasteiger partial charge in [0.05, 0.1) is 29.8 Å². The minimum Gasteiger partial charge on any atom is -0.504 e. The normalized spacial score (nSPS) is 29.7. The van der Waals surface area contributed by atoms with Gasteiger partial charge in [0.2, 0.25) is 11.8 Å². The zero-order chi connectivity index (χ0) is 33.4. The van der Waals surface area contributed by atoms with Crippen molar-refractivity contribution in [1.82, 2.24) is 0 Å². The highest BCUT2D eigenvalue weighted by Crippen LogP contribution is 2.66. The second-order valence-electron chi connectivity index (χ2n) is 12.2. The molecule has 8 nitrogen and oxygen atoms in total. The van der Waals surface area contributed by atoms with Crippen molar-refractivity contribution in [3.05, 3.63) is 102 Å². The number of aromatic hydroxyl groups is 1. The van der Waals surface area contributed by atoms with Gasteiger partial charge in [-0.1, -0.05) is 42.5 Å². The largest absolute Gasteiger partial charge is 0.504 e. The average Bonchev–Trinajstić information content (AvgIpc) is 3.40. The molecule has 7 rings (SSSR count). The van der Waals surface area contributed by atoms with E-state index in [4.69, 9.17) is 27.9 Å². The van der Waals surface area contributed by atoms with Gasteiger partial charge in [-0.2, -0.15) is 0 Å². The van der Waals surface area contributed by atoms with Crippen LogP contribution in [0, 0.1) is 23.6 Å². The molecule has 47 heavy (non-hydrogen) atoms. The number of anilines is 2. The molecule has 0 aromatic heterocycles. The molecule has 4 aliphatic rings. The lowest BCUT2D eigenvalue weighted by atomic mass is 9.56. The average molecular weight is 676 g/mol. The smallest absolute Gasteiger partial charge is 0.258 e. The van der Waals surface area contributed by atoms with Gasteiger partial charge in [-0.25, -0.2) is 9.29 Å². The van der Waals surface area contributed by atoms with Gasteiger partial charge >= 0.3 is 0 Å². The van der Waals surface area contributed by atoms with Gasteiger partial charge in [0.1, 0.15) is 5.82 Å². The molecular formula is C36H29Cl2FN2O6. The monoisotopic (exact) mass is 674 g/mol. The molecule has 6 atom stereocenters. The van der Waals surface area contributed by atoms with Crippen molar-refractivity contribution in [3.8, 4) is 11.5 Å². The van der Waals surface area contributed by atoms with Crippen LogP contribution >= 0.6 is 23.2 Å². The lowest BCUT2D eigenvalue weighted by Gasteiger charge is -2.50. The summed E-state index contributed by atoms with van der Waals surface area (Å²) in [6.45, 7) is 5.73. The number of phenols is 1. The molecule has 2 heterocycles. The zero-order valence-electron chi connectivity index (χ0n) is 25.2. The predicted octanol–water partition coefficient (Wildman–Crippen LogP) is 6.34. The molecule has 0 radical (unpaired) electrons. The van der Waals surface area contributed by atoms with E-state index >= 15 is 0 Å². The van der Waals surface area contributed by atoms with E-state index < -0.39 is 57.0 Å². The number of rotatable bonds is 6. The SMILES string of the molecule is C=Cc1ccc(N2C(=O)C3CC=C4C(CC5(Cl)C(=O)N(c6ccc(F)cc6)C(=O)C5(Cl)C4c4ccc(O)c(OCC)c4)C3C2=O)cc1. The highest BCUT2D eigenvalue weighted by Gasteiger charge is 2.76. The summed E-state index contributed by atoms with van der Waals surface area (Å²) in [4.78, 5) is 54.8. The standard InChI is InChI=1S/C36H29Cl2FN2O6/c1-3-19-5-10-22(11-6-19)40-31(43)25-15-14-24-26(29(25)32(40)44)18-35(37)33(45)41(23-12-8-21(39)9-13-23)34(46)36(35,38)30(24)20-7-16-27(42)28(17-20)47-4-2/h3,5-14,16-17,25-26,29-30,42H,1,4,15,18H2,2H3. The van der Waals surface area contributed by atoms with Crippen molar-refractivity contribution in [1.29, 1.82) is 0 Å². The Bertz CT molecular complexity index is 1900. The van der Waals surface area contributed by atoms with Gasteiger partial charge in [-0.3, -0.25) is 24.1 Å². The molecule has 240 valence electrons. The first-order chi connectivity index (χ1) is 22.5.